The number of aromatic nitrogens is 1. The van der Waals surface area contributed by atoms with Crippen molar-refractivity contribution < 1.29 is 14.3 Å². The Morgan fingerprint density at radius 3 is 2.60 bits per heavy atom. The van der Waals surface area contributed by atoms with Gasteiger partial charge in [-0.05, 0) is 30.7 Å². The summed E-state index contributed by atoms with van der Waals surface area (Å²) in [6, 6.07) is 17.0. The van der Waals surface area contributed by atoms with Crippen LogP contribution in [0.4, 0.5) is 17.2 Å². The second kappa shape index (κ2) is 8.34. The molecular weight excluding hydrogens is 398 g/mol. The van der Waals surface area contributed by atoms with E-state index in [0.29, 0.717) is 17.1 Å². The molecule has 0 saturated heterocycles. The monoisotopic (exact) mass is 417 g/mol. The molecule has 150 valence electrons. The number of aryl methyl sites for hydroxylation is 1. The van der Waals surface area contributed by atoms with E-state index in [1.54, 1.807) is 6.07 Å². The van der Waals surface area contributed by atoms with Gasteiger partial charge in [-0.25, -0.2) is 9.78 Å². The van der Waals surface area contributed by atoms with Crippen molar-refractivity contribution in [1.29, 1.82) is 0 Å². The number of hydrogen-bond acceptors (Lipinski definition) is 6. The summed E-state index contributed by atoms with van der Waals surface area (Å²) in [5.41, 5.74) is 3.09. The van der Waals surface area contributed by atoms with Crippen LogP contribution in [0.5, 0.6) is 0 Å². The number of carbonyl (C=O) groups is 2. The summed E-state index contributed by atoms with van der Waals surface area (Å²) < 4.78 is 5.82. The average molecular weight is 417 g/mol. The molecule has 2 aromatic carbocycles. The molecule has 0 unspecified atom stereocenters. The quantitative estimate of drug-likeness (QED) is 0.426. The van der Waals surface area contributed by atoms with E-state index < -0.39 is 5.97 Å². The summed E-state index contributed by atoms with van der Waals surface area (Å²) in [4.78, 5) is 29.4. The number of para-hydroxylation sites is 1. The maximum Gasteiger partial charge on any atom is 0.339 e. The fourth-order valence-corrected chi connectivity index (χ4v) is 4.01. The zero-order chi connectivity index (χ0) is 21.1. The van der Waals surface area contributed by atoms with Gasteiger partial charge in [0.25, 0.3) is 5.91 Å². The average Bonchev–Trinajstić information content (AvgIpc) is 3.20. The zero-order valence-electron chi connectivity index (χ0n) is 16.4. The van der Waals surface area contributed by atoms with Crippen molar-refractivity contribution in [3.8, 4) is 0 Å². The molecule has 4 rings (SSSR count). The van der Waals surface area contributed by atoms with Gasteiger partial charge in [0, 0.05) is 27.4 Å². The molecule has 0 fully saturated rings. The van der Waals surface area contributed by atoms with Gasteiger partial charge in [0.15, 0.2) is 5.82 Å². The smallest absolute Gasteiger partial charge is 0.339 e. The standard InChI is InChI=1S/C23H19N3O3S/c1-14-7-3-5-9-18(14)25-21-19(11-15(12-24-21)23(28)29-2)26-22(27)17-13-30-20-10-6-4-8-16(17)20/h3-13H,1-2H3,(H,24,25)(H,26,27). The highest BCUT2D eigenvalue weighted by atomic mass is 32.1. The third kappa shape index (κ3) is 3.88. The number of nitrogens with one attached hydrogen (secondary N) is 2. The highest BCUT2D eigenvalue weighted by Gasteiger charge is 2.17. The van der Waals surface area contributed by atoms with E-state index in [-0.39, 0.29) is 11.5 Å². The Kier molecular flexibility index (Phi) is 5.45. The van der Waals surface area contributed by atoms with E-state index in [1.807, 2.05) is 60.8 Å². The van der Waals surface area contributed by atoms with E-state index in [9.17, 15) is 9.59 Å². The van der Waals surface area contributed by atoms with Crippen molar-refractivity contribution in [1.82, 2.24) is 4.98 Å². The highest BCUT2D eigenvalue weighted by Crippen LogP contribution is 2.29. The van der Waals surface area contributed by atoms with E-state index >= 15 is 0 Å². The number of hydrogen-bond donors (Lipinski definition) is 2. The summed E-state index contributed by atoms with van der Waals surface area (Å²) in [6.45, 7) is 1.97. The minimum Gasteiger partial charge on any atom is -0.465 e. The molecule has 4 aromatic rings. The van der Waals surface area contributed by atoms with Gasteiger partial charge in [0.2, 0.25) is 0 Å². The van der Waals surface area contributed by atoms with Gasteiger partial charge in [-0.2, -0.15) is 0 Å². The van der Waals surface area contributed by atoms with Gasteiger partial charge in [-0.15, -0.1) is 11.3 Å². The van der Waals surface area contributed by atoms with E-state index in [0.717, 1.165) is 21.3 Å². The number of benzene rings is 2. The van der Waals surface area contributed by atoms with Crippen molar-refractivity contribution in [2.45, 2.75) is 6.92 Å². The first-order chi connectivity index (χ1) is 14.6. The maximum atomic E-state index is 13.0. The number of nitrogens with zero attached hydrogens (tertiary/aromatic N) is 1. The minimum atomic E-state index is -0.526. The number of ether oxygens (including phenoxy) is 1. The molecule has 1 amide bonds. The topological polar surface area (TPSA) is 80.3 Å². The Balaban J connectivity index is 1.71. The molecule has 2 N–H and O–H groups in total. The lowest BCUT2D eigenvalue weighted by atomic mass is 10.1. The van der Waals surface area contributed by atoms with Gasteiger partial charge in [-0.3, -0.25) is 4.79 Å². The van der Waals surface area contributed by atoms with Crippen molar-refractivity contribution in [2.75, 3.05) is 17.7 Å². The molecule has 0 aliphatic heterocycles. The van der Waals surface area contributed by atoms with Crippen LogP contribution in [-0.2, 0) is 4.74 Å². The summed E-state index contributed by atoms with van der Waals surface area (Å²) in [7, 11) is 1.30. The molecular formula is C23H19N3O3S. The molecule has 6 nitrogen and oxygen atoms in total. The number of rotatable bonds is 5. The third-order valence-corrected chi connectivity index (χ3v) is 5.64. The third-order valence-electron chi connectivity index (χ3n) is 4.68. The molecule has 2 aromatic heterocycles. The number of fused-ring (bicyclic) bond motifs is 1. The van der Waals surface area contributed by atoms with Crippen LogP contribution in [0.25, 0.3) is 10.1 Å². The first kappa shape index (κ1) is 19.6. The van der Waals surface area contributed by atoms with E-state index in [1.165, 1.54) is 24.6 Å². The van der Waals surface area contributed by atoms with Crippen LogP contribution in [-0.4, -0.2) is 24.0 Å². The van der Waals surface area contributed by atoms with Crippen LogP contribution >= 0.6 is 11.3 Å². The van der Waals surface area contributed by atoms with E-state index in [4.69, 9.17) is 4.74 Å². The van der Waals surface area contributed by atoms with Crippen molar-refractivity contribution in [2.24, 2.45) is 0 Å². The lowest BCUT2D eigenvalue weighted by Gasteiger charge is -2.14. The Labute approximate surface area is 177 Å². The van der Waals surface area contributed by atoms with Crippen LogP contribution in [0.15, 0.2) is 66.2 Å². The summed E-state index contributed by atoms with van der Waals surface area (Å²) in [6.07, 6.45) is 1.42. The molecule has 0 atom stereocenters. The molecule has 2 heterocycles. The fraction of sp³-hybridized carbons (Fsp3) is 0.0870. The van der Waals surface area contributed by atoms with Gasteiger partial charge in [0.05, 0.1) is 23.9 Å². The maximum absolute atomic E-state index is 13.0. The second-order valence-corrected chi connectivity index (χ2v) is 7.56. The number of methoxy groups -OCH3 is 1. The number of carbonyl (C=O) groups excluding carboxylic acids is 2. The van der Waals surface area contributed by atoms with E-state index in [2.05, 4.69) is 15.6 Å². The predicted molar refractivity (Wildman–Crippen MR) is 120 cm³/mol. The molecule has 0 aliphatic rings. The predicted octanol–water partition coefficient (Wildman–Crippen LogP) is 5.39. The Bertz CT molecular complexity index is 1250. The molecule has 0 aliphatic carbocycles. The SMILES string of the molecule is COC(=O)c1cnc(Nc2ccccc2C)c(NC(=O)c2csc3ccccc23)c1. The van der Waals surface area contributed by atoms with Gasteiger partial charge in [-0.1, -0.05) is 36.4 Å². The fourth-order valence-electron chi connectivity index (χ4n) is 3.07. The molecule has 7 heteroatoms. The molecule has 0 spiro atoms. The zero-order valence-corrected chi connectivity index (χ0v) is 17.2. The number of pyridine rings is 1. The summed E-state index contributed by atoms with van der Waals surface area (Å²) >= 11 is 1.51. The van der Waals surface area contributed by atoms with Crippen molar-refractivity contribution in [3.63, 3.8) is 0 Å². The number of amides is 1. The number of anilines is 3. The van der Waals surface area contributed by atoms with Crippen LogP contribution < -0.4 is 10.6 Å². The molecule has 0 radical (unpaired) electrons. The van der Waals surface area contributed by atoms with Gasteiger partial charge >= 0.3 is 5.97 Å². The number of esters is 1. The normalized spacial score (nSPS) is 10.6. The largest absolute Gasteiger partial charge is 0.465 e. The summed E-state index contributed by atoms with van der Waals surface area (Å²) in [5.74, 6) is -0.365. The Morgan fingerprint density at radius 2 is 1.80 bits per heavy atom. The minimum absolute atomic E-state index is 0.248. The first-order valence-electron chi connectivity index (χ1n) is 9.25. The van der Waals surface area contributed by atoms with Crippen molar-refractivity contribution in [3.05, 3.63) is 82.9 Å². The Hall–Kier alpha value is -3.71. The van der Waals surface area contributed by atoms with Crippen LogP contribution in [0.3, 0.4) is 0 Å². The van der Waals surface area contributed by atoms with Gasteiger partial charge in [0.1, 0.15) is 0 Å². The Morgan fingerprint density at radius 1 is 1.03 bits per heavy atom. The molecule has 0 saturated carbocycles. The lowest BCUT2D eigenvalue weighted by molar-refractivity contribution is 0.0600. The van der Waals surface area contributed by atoms with Crippen LogP contribution in [0.1, 0.15) is 26.3 Å². The van der Waals surface area contributed by atoms with Crippen LogP contribution in [0.2, 0.25) is 0 Å². The lowest BCUT2D eigenvalue weighted by Crippen LogP contribution is -2.14. The number of thiophene rings is 1. The molecule has 0 bridgehead atoms. The van der Waals surface area contributed by atoms with Crippen LogP contribution in [0, 0.1) is 6.92 Å². The first-order valence-corrected chi connectivity index (χ1v) is 10.1. The molecule has 30 heavy (non-hydrogen) atoms. The summed E-state index contributed by atoms with van der Waals surface area (Å²) in [5, 5.41) is 8.84. The van der Waals surface area contributed by atoms with Crippen molar-refractivity contribution >= 4 is 50.5 Å². The highest BCUT2D eigenvalue weighted by molar-refractivity contribution is 7.17. The second-order valence-electron chi connectivity index (χ2n) is 6.65. The van der Waals surface area contributed by atoms with Gasteiger partial charge < -0.3 is 15.4 Å².